The number of hydrogen-bond donors (Lipinski definition) is 2. The lowest BCUT2D eigenvalue weighted by molar-refractivity contribution is 0.163. The predicted octanol–water partition coefficient (Wildman–Crippen LogP) is 1.80. The summed E-state index contributed by atoms with van der Waals surface area (Å²) in [7, 11) is 0. The third kappa shape index (κ3) is 2.20. The monoisotopic (exact) mass is 247 g/mol. The van der Waals surface area contributed by atoms with Crippen LogP contribution in [0.4, 0.5) is 4.79 Å². The molecule has 0 saturated carbocycles. The molecule has 0 bridgehead atoms. The maximum atomic E-state index is 12.0. The highest BCUT2D eigenvalue weighted by atomic mass is 16.2. The van der Waals surface area contributed by atoms with E-state index >= 15 is 0 Å². The topological polar surface area (TPSA) is 58.4 Å². The first-order valence-electron chi connectivity index (χ1n) is 6.29. The molecule has 1 aromatic rings. The van der Waals surface area contributed by atoms with E-state index in [9.17, 15) is 4.79 Å². The molecular formula is C14H21N3O. The van der Waals surface area contributed by atoms with Gasteiger partial charge in [0.25, 0.3) is 0 Å². The van der Waals surface area contributed by atoms with Crippen LogP contribution in [-0.4, -0.2) is 29.6 Å². The predicted molar refractivity (Wildman–Crippen MR) is 72.3 cm³/mol. The molecule has 2 rings (SSSR count). The minimum atomic E-state index is -0.304. The normalized spacial score (nSPS) is 20.1. The molecule has 2 amide bonds. The van der Waals surface area contributed by atoms with Crippen LogP contribution in [0.2, 0.25) is 0 Å². The number of rotatable bonds is 3. The van der Waals surface area contributed by atoms with Crippen LogP contribution < -0.4 is 11.1 Å². The number of carbonyl (C=O) groups is 1. The number of nitrogens with zero attached hydrogens (tertiary/aromatic N) is 1. The quantitative estimate of drug-likeness (QED) is 0.855. The second-order valence-electron chi connectivity index (χ2n) is 5.49. The van der Waals surface area contributed by atoms with Gasteiger partial charge in [0.15, 0.2) is 0 Å². The molecule has 0 aromatic heterocycles. The van der Waals surface area contributed by atoms with Gasteiger partial charge in [-0.2, -0.15) is 0 Å². The summed E-state index contributed by atoms with van der Waals surface area (Å²) >= 11 is 0. The van der Waals surface area contributed by atoms with E-state index in [0.29, 0.717) is 13.1 Å². The van der Waals surface area contributed by atoms with E-state index < -0.39 is 0 Å². The van der Waals surface area contributed by atoms with Gasteiger partial charge in [-0.15, -0.1) is 0 Å². The van der Waals surface area contributed by atoms with E-state index in [1.807, 2.05) is 30.9 Å². The Bertz CT molecular complexity index is 456. The zero-order chi connectivity index (χ0) is 13.3. The third-order valence-corrected chi connectivity index (χ3v) is 3.70. The van der Waals surface area contributed by atoms with Crippen molar-refractivity contribution < 1.29 is 4.79 Å². The van der Waals surface area contributed by atoms with Crippen molar-refractivity contribution in [3.05, 3.63) is 35.4 Å². The molecule has 1 unspecified atom stereocenters. The Morgan fingerprint density at radius 2 is 2.11 bits per heavy atom. The van der Waals surface area contributed by atoms with Crippen LogP contribution in [0.5, 0.6) is 0 Å². The molecule has 98 valence electrons. The number of nitrogens with two attached hydrogens (primary N) is 1. The molecule has 1 fully saturated rings. The lowest BCUT2D eigenvalue weighted by atomic mass is 10.00. The fourth-order valence-corrected chi connectivity index (χ4v) is 2.32. The van der Waals surface area contributed by atoms with Crippen molar-refractivity contribution >= 4 is 6.03 Å². The van der Waals surface area contributed by atoms with Crippen LogP contribution in [0, 0.1) is 6.92 Å². The van der Waals surface area contributed by atoms with Gasteiger partial charge < -0.3 is 16.0 Å². The maximum Gasteiger partial charge on any atom is 0.318 e. The largest absolute Gasteiger partial charge is 0.329 e. The summed E-state index contributed by atoms with van der Waals surface area (Å²) in [5.41, 5.74) is 7.82. The summed E-state index contributed by atoms with van der Waals surface area (Å²) in [4.78, 5) is 13.9. The standard InChI is InChI=1S/C14H21N3O/c1-10-6-4-5-7-11(10)12-8-17(13(18)16-12)14(2,3)9-15/h4-7,12H,8-9,15H2,1-3H3,(H,16,18). The van der Waals surface area contributed by atoms with E-state index in [4.69, 9.17) is 5.73 Å². The first-order valence-corrected chi connectivity index (χ1v) is 6.29. The maximum absolute atomic E-state index is 12.0. The molecular weight excluding hydrogens is 226 g/mol. The van der Waals surface area contributed by atoms with Crippen molar-refractivity contribution in [3.63, 3.8) is 0 Å². The van der Waals surface area contributed by atoms with Gasteiger partial charge in [-0.1, -0.05) is 24.3 Å². The molecule has 0 spiro atoms. The van der Waals surface area contributed by atoms with Crippen LogP contribution in [-0.2, 0) is 0 Å². The lowest BCUT2D eigenvalue weighted by Gasteiger charge is -2.33. The van der Waals surface area contributed by atoms with E-state index in [2.05, 4.69) is 24.4 Å². The SMILES string of the molecule is Cc1ccccc1C1CN(C(C)(C)CN)C(=O)N1. The number of carbonyl (C=O) groups excluding carboxylic acids is 1. The molecule has 1 saturated heterocycles. The molecule has 1 aromatic carbocycles. The Hall–Kier alpha value is -1.55. The highest BCUT2D eigenvalue weighted by molar-refractivity contribution is 5.78. The van der Waals surface area contributed by atoms with E-state index in [0.717, 1.165) is 0 Å². The van der Waals surface area contributed by atoms with E-state index in [1.165, 1.54) is 11.1 Å². The van der Waals surface area contributed by atoms with Crippen molar-refractivity contribution in [3.8, 4) is 0 Å². The number of aryl methyl sites for hydroxylation is 1. The Labute approximate surface area is 108 Å². The first-order chi connectivity index (χ1) is 8.45. The molecule has 1 heterocycles. The minimum Gasteiger partial charge on any atom is -0.329 e. The first kappa shape index (κ1) is 12.9. The van der Waals surface area contributed by atoms with Gasteiger partial charge in [0.2, 0.25) is 0 Å². The summed E-state index contributed by atoms with van der Waals surface area (Å²) in [5.74, 6) is 0. The van der Waals surface area contributed by atoms with Gasteiger partial charge in [0.1, 0.15) is 0 Å². The van der Waals surface area contributed by atoms with Crippen molar-refractivity contribution in [2.45, 2.75) is 32.4 Å². The molecule has 1 aliphatic rings. The molecule has 0 radical (unpaired) electrons. The van der Waals surface area contributed by atoms with Gasteiger partial charge >= 0.3 is 6.03 Å². The van der Waals surface area contributed by atoms with Crippen LogP contribution in [0.3, 0.4) is 0 Å². The molecule has 0 aliphatic carbocycles. The smallest absolute Gasteiger partial charge is 0.318 e. The summed E-state index contributed by atoms with van der Waals surface area (Å²) in [6, 6.07) is 8.18. The fraction of sp³-hybridized carbons (Fsp3) is 0.500. The highest BCUT2D eigenvalue weighted by Gasteiger charge is 2.38. The van der Waals surface area contributed by atoms with Crippen LogP contribution in [0.1, 0.15) is 31.0 Å². The zero-order valence-electron chi connectivity index (χ0n) is 11.2. The van der Waals surface area contributed by atoms with Crippen molar-refractivity contribution in [2.24, 2.45) is 5.73 Å². The molecule has 3 N–H and O–H groups in total. The van der Waals surface area contributed by atoms with E-state index in [-0.39, 0.29) is 17.6 Å². The second kappa shape index (κ2) is 4.61. The average molecular weight is 247 g/mol. The summed E-state index contributed by atoms with van der Waals surface area (Å²) in [6.45, 7) is 7.19. The van der Waals surface area contributed by atoms with Crippen LogP contribution in [0.15, 0.2) is 24.3 Å². The average Bonchev–Trinajstić information content (AvgIpc) is 2.72. The zero-order valence-corrected chi connectivity index (χ0v) is 11.2. The van der Waals surface area contributed by atoms with Crippen molar-refractivity contribution in [2.75, 3.05) is 13.1 Å². The van der Waals surface area contributed by atoms with Gasteiger partial charge in [-0.05, 0) is 31.9 Å². The number of amides is 2. The Morgan fingerprint density at radius 3 is 2.72 bits per heavy atom. The molecule has 18 heavy (non-hydrogen) atoms. The van der Waals surface area contributed by atoms with Crippen LogP contribution in [0.25, 0.3) is 0 Å². The Balaban J connectivity index is 2.22. The number of urea groups is 1. The van der Waals surface area contributed by atoms with Gasteiger partial charge in [-0.3, -0.25) is 0 Å². The number of nitrogens with one attached hydrogen (secondary N) is 1. The third-order valence-electron chi connectivity index (χ3n) is 3.70. The minimum absolute atomic E-state index is 0.0290. The summed E-state index contributed by atoms with van der Waals surface area (Å²) < 4.78 is 0. The Morgan fingerprint density at radius 1 is 1.44 bits per heavy atom. The van der Waals surface area contributed by atoms with Crippen molar-refractivity contribution in [1.82, 2.24) is 10.2 Å². The van der Waals surface area contributed by atoms with Crippen LogP contribution >= 0.6 is 0 Å². The van der Waals surface area contributed by atoms with Gasteiger partial charge in [0, 0.05) is 13.1 Å². The molecule has 1 atom stereocenters. The second-order valence-corrected chi connectivity index (χ2v) is 5.49. The highest BCUT2D eigenvalue weighted by Crippen LogP contribution is 2.27. The van der Waals surface area contributed by atoms with Gasteiger partial charge in [-0.25, -0.2) is 4.79 Å². The summed E-state index contributed by atoms with van der Waals surface area (Å²) in [6.07, 6.45) is 0. The molecule has 4 nitrogen and oxygen atoms in total. The van der Waals surface area contributed by atoms with Crippen molar-refractivity contribution in [1.29, 1.82) is 0 Å². The fourth-order valence-electron chi connectivity index (χ4n) is 2.32. The summed E-state index contributed by atoms with van der Waals surface area (Å²) in [5, 5.41) is 3.03. The van der Waals surface area contributed by atoms with Gasteiger partial charge in [0.05, 0.1) is 11.6 Å². The molecule has 4 heteroatoms. The number of hydrogen-bond acceptors (Lipinski definition) is 2. The molecule has 1 aliphatic heterocycles. The van der Waals surface area contributed by atoms with E-state index in [1.54, 1.807) is 0 Å². The Kier molecular flexibility index (Phi) is 3.30. The number of benzene rings is 1. The lowest BCUT2D eigenvalue weighted by Crippen LogP contribution is -2.50.